The minimum absolute atomic E-state index is 0.0196. The second-order valence-corrected chi connectivity index (χ2v) is 11.6. The van der Waals surface area contributed by atoms with Gasteiger partial charge in [-0.05, 0) is 79.4 Å². The number of hydrogen-bond donors (Lipinski definition) is 2. The Labute approximate surface area is 248 Å². The first-order valence-corrected chi connectivity index (χ1v) is 15.6. The second-order valence-electron chi connectivity index (χ2n) is 10.7. The smallest absolute Gasteiger partial charge is 0.407 e. The summed E-state index contributed by atoms with van der Waals surface area (Å²) in [6.07, 6.45) is 5.90. The molecule has 1 amide bonds. The zero-order valence-electron chi connectivity index (χ0n) is 23.5. The van der Waals surface area contributed by atoms with Crippen molar-refractivity contribution in [3.8, 4) is 28.3 Å². The molecule has 1 aliphatic carbocycles. The maximum absolute atomic E-state index is 14.3. The van der Waals surface area contributed by atoms with Crippen molar-refractivity contribution in [1.82, 2.24) is 20.8 Å². The Bertz CT molecular complexity index is 1540. The predicted octanol–water partition coefficient (Wildman–Crippen LogP) is 6.26. The maximum Gasteiger partial charge on any atom is 0.407 e. The van der Waals surface area contributed by atoms with Crippen LogP contribution < -0.4 is 15.4 Å². The molecule has 2 N–H and O–H groups in total. The third-order valence-electron chi connectivity index (χ3n) is 7.78. The van der Waals surface area contributed by atoms with Crippen molar-refractivity contribution < 1.29 is 23.4 Å². The number of hydrogen-bond acceptors (Lipinski definition) is 8. The number of ether oxygens (including phenoxy) is 3. The Morgan fingerprint density at radius 2 is 1.88 bits per heavy atom. The van der Waals surface area contributed by atoms with Crippen LogP contribution in [0.15, 0.2) is 47.8 Å². The number of rotatable bonds is 10. The SMILES string of the molecule is O=C(NCCOCCOc1cc(F)ccc1-c1nnc(-c2ccc3c(c2)CCNC3)c2ccsc12)OC1CCCCC1. The van der Waals surface area contributed by atoms with Gasteiger partial charge in [0, 0.05) is 35.7 Å². The summed E-state index contributed by atoms with van der Waals surface area (Å²) in [5.74, 6) is -0.0169. The molecule has 0 unspecified atom stereocenters. The van der Waals surface area contributed by atoms with Crippen molar-refractivity contribution >= 4 is 27.5 Å². The van der Waals surface area contributed by atoms with Crippen molar-refractivity contribution in [2.75, 3.05) is 32.9 Å². The second kappa shape index (κ2) is 13.6. The summed E-state index contributed by atoms with van der Waals surface area (Å²) in [7, 11) is 0. The summed E-state index contributed by atoms with van der Waals surface area (Å²) in [4.78, 5) is 12.0. The fourth-order valence-corrected chi connectivity index (χ4v) is 6.51. The van der Waals surface area contributed by atoms with Crippen LogP contribution in [0.1, 0.15) is 43.2 Å². The van der Waals surface area contributed by atoms with E-state index in [-0.39, 0.29) is 19.3 Å². The van der Waals surface area contributed by atoms with Gasteiger partial charge in [-0.1, -0.05) is 18.6 Å². The normalized spacial score (nSPS) is 15.4. The molecule has 42 heavy (non-hydrogen) atoms. The van der Waals surface area contributed by atoms with Gasteiger partial charge in [0.1, 0.15) is 35.7 Å². The number of aromatic nitrogens is 2. The molecule has 2 aromatic carbocycles. The van der Waals surface area contributed by atoms with Gasteiger partial charge < -0.3 is 24.8 Å². The highest BCUT2D eigenvalue weighted by Crippen LogP contribution is 2.39. The summed E-state index contributed by atoms with van der Waals surface area (Å²) in [6, 6.07) is 13.0. The van der Waals surface area contributed by atoms with Crippen LogP contribution in [0.5, 0.6) is 5.75 Å². The van der Waals surface area contributed by atoms with E-state index in [2.05, 4.69) is 45.1 Å². The molecule has 1 fully saturated rings. The van der Waals surface area contributed by atoms with Gasteiger partial charge in [0.25, 0.3) is 0 Å². The van der Waals surface area contributed by atoms with E-state index in [1.54, 1.807) is 17.4 Å². The van der Waals surface area contributed by atoms with Crippen LogP contribution >= 0.6 is 11.3 Å². The minimum Gasteiger partial charge on any atom is -0.490 e. The molecule has 1 aliphatic heterocycles. The number of benzene rings is 2. The van der Waals surface area contributed by atoms with Crippen LogP contribution in [0.4, 0.5) is 9.18 Å². The number of nitrogens with zero attached hydrogens (tertiary/aromatic N) is 2. The average Bonchev–Trinajstić information content (AvgIpc) is 3.51. The van der Waals surface area contributed by atoms with Gasteiger partial charge >= 0.3 is 6.09 Å². The summed E-state index contributed by atoms with van der Waals surface area (Å²) in [5, 5.41) is 18.4. The van der Waals surface area contributed by atoms with E-state index in [0.29, 0.717) is 30.2 Å². The van der Waals surface area contributed by atoms with E-state index < -0.39 is 11.9 Å². The highest BCUT2D eigenvalue weighted by molar-refractivity contribution is 7.17. The molecule has 8 nitrogen and oxygen atoms in total. The van der Waals surface area contributed by atoms with E-state index in [1.165, 1.54) is 29.7 Å². The van der Waals surface area contributed by atoms with Crippen LogP contribution in [-0.4, -0.2) is 55.3 Å². The number of nitrogens with one attached hydrogen (secondary N) is 2. The van der Waals surface area contributed by atoms with Gasteiger partial charge in [0.05, 0.1) is 17.9 Å². The zero-order valence-corrected chi connectivity index (χ0v) is 24.3. The lowest BCUT2D eigenvalue weighted by Crippen LogP contribution is -2.32. The topological polar surface area (TPSA) is 94.6 Å². The Balaban J connectivity index is 1.08. The van der Waals surface area contributed by atoms with Gasteiger partial charge in [0.2, 0.25) is 0 Å². The molecule has 0 spiro atoms. The summed E-state index contributed by atoms with van der Waals surface area (Å²) >= 11 is 1.58. The molecule has 3 heterocycles. The van der Waals surface area contributed by atoms with E-state index in [9.17, 15) is 9.18 Å². The quantitative estimate of drug-likeness (QED) is 0.211. The van der Waals surface area contributed by atoms with E-state index in [1.807, 2.05) is 5.38 Å². The summed E-state index contributed by atoms with van der Waals surface area (Å²) < 4.78 is 32.2. The first-order valence-electron chi connectivity index (χ1n) is 14.7. The molecular formula is C32H35FN4O4S. The van der Waals surface area contributed by atoms with Crippen molar-refractivity contribution in [3.05, 3.63) is 64.8 Å². The Morgan fingerprint density at radius 1 is 1.00 bits per heavy atom. The third-order valence-corrected chi connectivity index (χ3v) is 8.70. The van der Waals surface area contributed by atoms with Crippen molar-refractivity contribution in [2.45, 2.75) is 51.2 Å². The van der Waals surface area contributed by atoms with Crippen LogP contribution in [0, 0.1) is 5.82 Å². The number of fused-ring (bicyclic) bond motifs is 2. The maximum atomic E-state index is 14.3. The van der Waals surface area contributed by atoms with Crippen molar-refractivity contribution in [1.29, 1.82) is 0 Å². The van der Waals surface area contributed by atoms with Gasteiger partial charge in [-0.3, -0.25) is 0 Å². The number of carbonyl (C=O) groups excluding carboxylic acids is 1. The molecule has 1 saturated carbocycles. The molecule has 4 aromatic rings. The molecule has 0 saturated heterocycles. The number of halogens is 1. The molecule has 10 heteroatoms. The molecule has 2 aliphatic rings. The lowest BCUT2D eigenvalue weighted by atomic mass is 9.96. The standard InChI is InChI=1S/C32H35FN4O4S/c33-24-8-9-26(28(19-24)40-16-15-39-14-13-35-32(38)41-25-4-2-1-3-5-25)30-31-27(11-17-42-31)29(36-37-30)22-6-7-23-20-34-12-10-21(23)18-22/h6-9,11,17-19,25,34H,1-5,10,12-16,20H2,(H,35,38). The molecular weight excluding hydrogens is 555 g/mol. The molecule has 6 rings (SSSR count). The first kappa shape index (κ1) is 28.5. The molecule has 0 atom stereocenters. The Morgan fingerprint density at radius 3 is 2.79 bits per heavy atom. The molecule has 220 valence electrons. The lowest BCUT2D eigenvalue weighted by Gasteiger charge is -2.21. The zero-order chi connectivity index (χ0) is 28.7. The number of thiophene rings is 1. The van der Waals surface area contributed by atoms with Crippen LogP contribution in [0.2, 0.25) is 0 Å². The Kier molecular flexibility index (Phi) is 9.22. The van der Waals surface area contributed by atoms with Crippen LogP contribution in [-0.2, 0) is 22.4 Å². The van der Waals surface area contributed by atoms with E-state index >= 15 is 0 Å². The van der Waals surface area contributed by atoms with Gasteiger partial charge in [-0.25, -0.2) is 9.18 Å². The first-order chi connectivity index (χ1) is 20.7. The van der Waals surface area contributed by atoms with Gasteiger partial charge in [-0.15, -0.1) is 21.5 Å². The van der Waals surface area contributed by atoms with E-state index in [0.717, 1.165) is 66.5 Å². The van der Waals surface area contributed by atoms with Crippen LogP contribution in [0.3, 0.4) is 0 Å². The van der Waals surface area contributed by atoms with Gasteiger partial charge in [0.15, 0.2) is 0 Å². The van der Waals surface area contributed by atoms with E-state index in [4.69, 9.17) is 14.2 Å². The molecule has 0 radical (unpaired) electrons. The van der Waals surface area contributed by atoms with Gasteiger partial charge in [-0.2, -0.15) is 0 Å². The number of alkyl carbamates (subject to hydrolysis) is 1. The highest BCUT2D eigenvalue weighted by atomic mass is 32.1. The third kappa shape index (κ3) is 6.72. The Hall–Kier alpha value is -3.60. The predicted molar refractivity (Wildman–Crippen MR) is 161 cm³/mol. The number of amides is 1. The summed E-state index contributed by atoms with van der Waals surface area (Å²) in [6.45, 7) is 3.02. The number of carbonyl (C=O) groups is 1. The minimum atomic E-state index is -0.401. The molecule has 0 bridgehead atoms. The van der Waals surface area contributed by atoms with Crippen molar-refractivity contribution in [3.63, 3.8) is 0 Å². The fourth-order valence-electron chi connectivity index (χ4n) is 5.62. The largest absolute Gasteiger partial charge is 0.490 e. The molecule has 2 aromatic heterocycles. The average molecular weight is 591 g/mol. The summed E-state index contributed by atoms with van der Waals surface area (Å²) in [5.41, 5.74) is 5.87. The fraction of sp³-hybridized carbons (Fsp3) is 0.406. The van der Waals surface area contributed by atoms with Crippen LogP contribution in [0.25, 0.3) is 32.6 Å². The van der Waals surface area contributed by atoms with Crippen molar-refractivity contribution in [2.24, 2.45) is 0 Å². The highest BCUT2D eigenvalue weighted by Gasteiger charge is 2.20. The monoisotopic (exact) mass is 590 g/mol. The lowest BCUT2D eigenvalue weighted by molar-refractivity contribution is 0.0689.